The first-order chi connectivity index (χ1) is 18.2. The Hall–Kier alpha value is -3.34. The first kappa shape index (κ1) is 26.3. The number of carbonyl (C=O) groups is 1. The molecule has 2 fully saturated rings. The summed E-state index contributed by atoms with van der Waals surface area (Å²) in [6.45, 7) is 2.96. The van der Waals surface area contributed by atoms with E-state index in [1.807, 2.05) is 30.3 Å². The van der Waals surface area contributed by atoms with Crippen molar-refractivity contribution in [3.8, 4) is 11.5 Å². The van der Waals surface area contributed by atoms with Gasteiger partial charge in [-0.25, -0.2) is 22.0 Å². The standard InChI is InChI=1S/C28H28F2N2O5S/c1-2-36-27(33)28-15-14-22(18-31(19-28)17-20-6-4-3-5-7-20)32(28)38(34,35)24-12-13-26(25(30)16-24)37-23-10-8-21(29)9-11-23/h3-13,16,22H,2,14-15,17-19H2,1H3. The van der Waals surface area contributed by atoms with Crippen molar-refractivity contribution < 1.29 is 31.5 Å². The molecule has 0 radical (unpaired) electrons. The second kappa shape index (κ2) is 10.4. The normalized spacial score (nSPS) is 21.8. The fraction of sp³-hybridized carbons (Fsp3) is 0.321. The molecule has 7 nitrogen and oxygen atoms in total. The lowest BCUT2D eigenvalue weighted by molar-refractivity contribution is -0.157. The topological polar surface area (TPSA) is 76.2 Å². The third-order valence-corrected chi connectivity index (χ3v) is 9.02. The Morgan fingerprint density at radius 3 is 2.47 bits per heavy atom. The molecule has 200 valence electrons. The molecule has 0 aromatic heterocycles. The Bertz CT molecular complexity index is 1420. The van der Waals surface area contributed by atoms with Gasteiger partial charge < -0.3 is 9.47 Å². The minimum atomic E-state index is -4.27. The Morgan fingerprint density at radius 1 is 1.05 bits per heavy atom. The van der Waals surface area contributed by atoms with E-state index in [0.717, 1.165) is 11.6 Å². The molecule has 0 spiro atoms. The van der Waals surface area contributed by atoms with Gasteiger partial charge in [-0.15, -0.1) is 0 Å². The van der Waals surface area contributed by atoms with Crippen LogP contribution in [0.1, 0.15) is 25.3 Å². The highest BCUT2D eigenvalue weighted by molar-refractivity contribution is 7.89. The van der Waals surface area contributed by atoms with Crippen LogP contribution in [-0.2, 0) is 26.1 Å². The highest BCUT2D eigenvalue weighted by Gasteiger charge is 2.61. The zero-order chi connectivity index (χ0) is 26.9. The van der Waals surface area contributed by atoms with Crippen molar-refractivity contribution in [3.63, 3.8) is 0 Å². The molecule has 5 rings (SSSR count). The number of hydrogen-bond acceptors (Lipinski definition) is 6. The largest absolute Gasteiger partial charge is 0.465 e. The molecule has 0 aliphatic carbocycles. The van der Waals surface area contributed by atoms with Crippen LogP contribution in [0, 0.1) is 11.6 Å². The van der Waals surface area contributed by atoms with Crippen molar-refractivity contribution >= 4 is 16.0 Å². The van der Waals surface area contributed by atoms with E-state index in [1.54, 1.807) is 6.92 Å². The van der Waals surface area contributed by atoms with Gasteiger partial charge in [-0.05, 0) is 67.8 Å². The summed E-state index contributed by atoms with van der Waals surface area (Å²) in [6, 6.07) is 17.7. The summed E-state index contributed by atoms with van der Waals surface area (Å²) in [6.07, 6.45) is 0.798. The van der Waals surface area contributed by atoms with Gasteiger partial charge in [0.25, 0.3) is 0 Å². The number of likely N-dealkylation sites (tertiary alicyclic amines) is 1. The summed E-state index contributed by atoms with van der Waals surface area (Å²) in [7, 11) is -4.27. The smallest absolute Gasteiger partial charge is 0.328 e. The van der Waals surface area contributed by atoms with Crippen LogP contribution in [0.3, 0.4) is 0 Å². The van der Waals surface area contributed by atoms with Crippen LogP contribution < -0.4 is 4.74 Å². The van der Waals surface area contributed by atoms with E-state index >= 15 is 4.39 Å². The Morgan fingerprint density at radius 2 is 1.79 bits per heavy atom. The number of ether oxygens (including phenoxy) is 2. The van der Waals surface area contributed by atoms with Crippen molar-refractivity contribution in [1.82, 2.24) is 9.21 Å². The van der Waals surface area contributed by atoms with Gasteiger partial charge in [-0.3, -0.25) is 4.90 Å². The lowest BCUT2D eigenvalue weighted by Gasteiger charge is -2.46. The number of halogens is 2. The van der Waals surface area contributed by atoms with E-state index in [1.165, 1.54) is 40.7 Å². The predicted octanol–water partition coefficient (Wildman–Crippen LogP) is 4.73. The van der Waals surface area contributed by atoms with Crippen molar-refractivity contribution in [2.75, 3.05) is 19.7 Å². The van der Waals surface area contributed by atoms with E-state index in [9.17, 15) is 17.6 Å². The third kappa shape index (κ3) is 4.91. The van der Waals surface area contributed by atoms with Crippen molar-refractivity contribution in [2.45, 2.75) is 42.8 Å². The highest BCUT2D eigenvalue weighted by atomic mass is 32.2. The molecule has 0 amide bonds. The van der Waals surface area contributed by atoms with Crippen LogP contribution in [0.4, 0.5) is 8.78 Å². The molecule has 0 N–H and O–H groups in total. The number of carbonyl (C=O) groups excluding carboxylic acids is 1. The summed E-state index contributed by atoms with van der Waals surface area (Å²) in [4.78, 5) is 15.1. The average molecular weight is 543 g/mol. The Kier molecular flexibility index (Phi) is 7.21. The number of rotatable bonds is 8. The number of sulfonamides is 1. The van der Waals surface area contributed by atoms with Crippen LogP contribution in [0.2, 0.25) is 0 Å². The quantitative estimate of drug-likeness (QED) is 0.383. The third-order valence-electron chi connectivity index (χ3n) is 7.00. The average Bonchev–Trinajstić information content (AvgIpc) is 3.16. The minimum absolute atomic E-state index is 0.113. The van der Waals surface area contributed by atoms with Gasteiger partial charge in [-0.1, -0.05) is 30.3 Å². The molecule has 0 saturated carbocycles. The van der Waals surface area contributed by atoms with Crippen molar-refractivity contribution in [2.24, 2.45) is 0 Å². The molecular formula is C28H28F2N2O5S. The first-order valence-corrected chi connectivity index (χ1v) is 13.9. The maximum Gasteiger partial charge on any atom is 0.328 e. The number of fused-ring (bicyclic) bond motifs is 2. The zero-order valence-corrected chi connectivity index (χ0v) is 21.7. The molecule has 2 aliphatic heterocycles. The van der Waals surface area contributed by atoms with Crippen molar-refractivity contribution in [3.05, 3.63) is 90.0 Å². The number of hydrogen-bond donors (Lipinski definition) is 0. The fourth-order valence-corrected chi connectivity index (χ4v) is 7.38. The number of esters is 1. The maximum absolute atomic E-state index is 15.0. The summed E-state index contributed by atoms with van der Waals surface area (Å²) in [5, 5.41) is 0. The van der Waals surface area contributed by atoms with Gasteiger partial charge in [0.15, 0.2) is 11.6 Å². The number of benzene rings is 3. The summed E-state index contributed by atoms with van der Waals surface area (Å²) in [5.74, 6) is -1.95. The Labute approximate surface area is 220 Å². The molecular weight excluding hydrogens is 514 g/mol. The molecule has 2 aliphatic rings. The molecule has 2 atom stereocenters. The van der Waals surface area contributed by atoms with E-state index in [2.05, 4.69) is 4.90 Å². The van der Waals surface area contributed by atoms with E-state index < -0.39 is 39.2 Å². The Balaban J connectivity index is 1.45. The summed E-state index contributed by atoms with van der Waals surface area (Å²) in [5.41, 5.74) is -0.354. The second-order valence-electron chi connectivity index (χ2n) is 9.55. The zero-order valence-electron chi connectivity index (χ0n) is 20.8. The number of nitrogens with zero attached hydrogens (tertiary/aromatic N) is 2. The van der Waals surface area contributed by atoms with Gasteiger partial charge in [-0.2, -0.15) is 4.31 Å². The molecule has 10 heteroatoms. The van der Waals surface area contributed by atoms with E-state index in [4.69, 9.17) is 9.47 Å². The molecule has 38 heavy (non-hydrogen) atoms. The fourth-order valence-electron chi connectivity index (χ4n) is 5.41. The van der Waals surface area contributed by atoms with Crippen LogP contribution >= 0.6 is 0 Å². The monoisotopic (exact) mass is 542 g/mol. The van der Waals surface area contributed by atoms with Gasteiger partial charge >= 0.3 is 5.97 Å². The van der Waals surface area contributed by atoms with Crippen LogP contribution in [-0.4, -0.2) is 54.9 Å². The molecule has 3 aromatic rings. The molecule has 2 heterocycles. The number of piperazine rings is 1. The summed E-state index contributed by atoms with van der Waals surface area (Å²) >= 11 is 0. The van der Waals surface area contributed by atoms with E-state index in [-0.39, 0.29) is 29.5 Å². The molecule has 2 unspecified atom stereocenters. The van der Waals surface area contributed by atoms with Crippen LogP contribution in [0.15, 0.2) is 77.7 Å². The molecule has 3 aromatic carbocycles. The highest BCUT2D eigenvalue weighted by Crippen LogP contribution is 2.44. The predicted molar refractivity (Wildman–Crippen MR) is 136 cm³/mol. The van der Waals surface area contributed by atoms with E-state index in [0.29, 0.717) is 25.9 Å². The second-order valence-corrected chi connectivity index (χ2v) is 11.4. The van der Waals surface area contributed by atoms with Gasteiger partial charge in [0.05, 0.1) is 11.5 Å². The first-order valence-electron chi connectivity index (χ1n) is 12.4. The minimum Gasteiger partial charge on any atom is -0.465 e. The maximum atomic E-state index is 15.0. The van der Waals surface area contributed by atoms with Gasteiger partial charge in [0.2, 0.25) is 10.0 Å². The van der Waals surface area contributed by atoms with Crippen molar-refractivity contribution in [1.29, 1.82) is 0 Å². The van der Waals surface area contributed by atoms with Crippen LogP contribution in [0.25, 0.3) is 0 Å². The lowest BCUT2D eigenvalue weighted by atomic mass is 9.96. The molecule has 2 saturated heterocycles. The SMILES string of the molecule is CCOC(=O)C12CCC(CN(Cc3ccccc3)C1)N2S(=O)(=O)c1ccc(Oc2ccc(F)cc2)c(F)c1. The molecule has 2 bridgehead atoms. The summed E-state index contributed by atoms with van der Waals surface area (Å²) < 4.78 is 68.2. The van der Waals surface area contributed by atoms with Gasteiger partial charge in [0, 0.05) is 25.7 Å². The lowest BCUT2D eigenvalue weighted by Crippen LogP contribution is -2.66. The van der Waals surface area contributed by atoms with Crippen LogP contribution in [0.5, 0.6) is 11.5 Å². The van der Waals surface area contributed by atoms with Gasteiger partial charge in [0.1, 0.15) is 17.1 Å².